The summed E-state index contributed by atoms with van der Waals surface area (Å²) in [6.45, 7) is 4.27. The summed E-state index contributed by atoms with van der Waals surface area (Å²) in [5.41, 5.74) is 7.03. The molecule has 9 heteroatoms. The number of thiocarbonyl (C=S) groups is 1. The van der Waals surface area contributed by atoms with Gasteiger partial charge in [-0.3, -0.25) is 9.78 Å². The van der Waals surface area contributed by atoms with Crippen molar-refractivity contribution in [2.45, 2.75) is 25.9 Å². The first-order chi connectivity index (χ1) is 18.4. The lowest BCUT2D eigenvalue weighted by Gasteiger charge is -2.28. The Balaban J connectivity index is 1.58. The van der Waals surface area contributed by atoms with Crippen LogP contribution in [0.5, 0.6) is 0 Å². The molecule has 2 N–H and O–H groups in total. The number of aryl methyl sites for hydroxylation is 1. The van der Waals surface area contributed by atoms with Crippen LogP contribution < -0.4 is 15.5 Å². The number of amides is 1. The van der Waals surface area contributed by atoms with Gasteiger partial charge in [0.1, 0.15) is 6.61 Å². The Morgan fingerprint density at radius 3 is 2.55 bits per heavy atom. The van der Waals surface area contributed by atoms with Gasteiger partial charge in [0.05, 0.1) is 17.8 Å². The van der Waals surface area contributed by atoms with Crippen molar-refractivity contribution in [3.63, 3.8) is 0 Å². The van der Waals surface area contributed by atoms with Gasteiger partial charge < -0.3 is 24.8 Å². The third-order valence-electron chi connectivity index (χ3n) is 6.66. The van der Waals surface area contributed by atoms with E-state index in [1.807, 2.05) is 60.8 Å². The lowest BCUT2D eigenvalue weighted by atomic mass is 9.96. The number of pyridine rings is 1. The minimum atomic E-state index is -0.202. The molecule has 1 aliphatic rings. The lowest BCUT2D eigenvalue weighted by molar-refractivity contribution is -0.119. The Labute approximate surface area is 236 Å². The molecular weight excluding hydrogens is 562 g/mol. The predicted molar refractivity (Wildman–Crippen MR) is 158 cm³/mol. The van der Waals surface area contributed by atoms with Gasteiger partial charge in [-0.25, -0.2) is 0 Å². The Kier molecular flexibility index (Phi) is 7.60. The van der Waals surface area contributed by atoms with Gasteiger partial charge in [0, 0.05) is 46.2 Å². The Hall–Kier alpha value is -3.53. The van der Waals surface area contributed by atoms with Crippen LogP contribution >= 0.6 is 28.1 Å². The molecule has 2 aromatic carbocycles. The van der Waals surface area contributed by atoms with Crippen molar-refractivity contribution in [2.75, 3.05) is 23.9 Å². The second-order valence-corrected chi connectivity index (χ2v) is 10.5. The van der Waals surface area contributed by atoms with Gasteiger partial charge in [-0.05, 0) is 92.3 Å². The van der Waals surface area contributed by atoms with Crippen LogP contribution in [0.4, 0.5) is 11.4 Å². The molecule has 38 heavy (non-hydrogen) atoms. The zero-order valence-corrected chi connectivity index (χ0v) is 23.7. The highest BCUT2D eigenvalue weighted by atomic mass is 79.9. The number of carbonyl (C=O) groups excluding carboxylic acids is 1. The van der Waals surface area contributed by atoms with E-state index < -0.39 is 0 Å². The SMILES string of the molecule is COCC(=O)Nc1ccc(N2C(=S)N[C@H](c3ccccn3)[C@H]2c2cc(C)n(-c3cccc(Br)c3)c2C)cc1. The van der Waals surface area contributed by atoms with Crippen LogP contribution in [0.15, 0.2) is 83.5 Å². The molecule has 0 unspecified atom stereocenters. The lowest BCUT2D eigenvalue weighted by Crippen LogP contribution is -2.29. The van der Waals surface area contributed by atoms with Crippen molar-refractivity contribution in [3.05, 3.63) is 106 Å². The minimum Gasteiger partial charge on any atom is -0.375 e. The van der Waals surface area contributed by atoms with Crippen molar-refractivity contribution < 1.29 is 9.53 Å². The highest BCUT2D eigenvalue weighted by molar-refractivity contribution is 9.10. The number of carbonyl (C=O) groups is 1. The second-order valence-electron chi connectivity index (χ2n) is 9.17. The molecule has 0 spiro atoms. The number of rotatable bonds is 7. The van der Waals surface area contributed by atoms with Crippen LogP contribution in [-0.4, -0.2) is 34.3 Å². The maximum atomic E-state index is 12.0. The van der Waals surface area contributed by atoms with E-state index in [0.717, 1.165) is 38.5 Å². The molecule has 194 valence electrons. The third kappa shape index (κ3) is 5.09. The molecule has 1 aliphatic heterocycles. The number of methoxy groups -OCH3 is 1. The summed E-state index contributed by atoms with van der Waals surface area (Å²) in [7, 11) is 1.50. The van der Waals surface area contributed by atoms with Crippen molar-refractivity contribution in [2.24, 2.45) is 0 Å². The fourth-order valence-electron chi connectivity index (χ4n) is 5.08. The van der Waals surface area contributed by atoms with Gasteiger partial charge >= 0.3 is 0 Å². The van der Waals surface area contributed by atoms with E-state index in [9.17, 15) is 4.79 Å². The van der Waals surface area contributed by atoms with Gasteiger partial charge in [-0.15, -0.1) is 0 Å². The number of nitrogens with zero attached hydrogens (tertiary/aromatic N) is 3. The zero-order valence-electron chi connectivity index (χ0n) is 21.3. The smallest absolute Gasteiger partial charge is 0.250 e. The van der Waals surface area contributed by atoms with Crippen molar-refractivity contribution in [3.8, 4) is 5.69 Å². The minimum absolute atomic E-state index is 0.00329. The maximum absolute atomic E-state index is 12.0. The normalized spacial score (nSPS) is 16.9. The van der Waals surface area contributed by atoms with E-state index >= 15 is 0 Å². The largest absolute Gasteiger partial charge is 0.375 e. The first-order valence-electron chi connectivity index (χ1n) is 12.2. The van der Waals surface area contributed by atoms with Crippen molar-refractivity contribution in [1.82, 2.24) is 14.9 Å². The summed E-state index contributed by atoms with van der Waals surface area (Å²) in [5, 5.41) is 6.99. The molecule has 2 aromatic heterocycles. The zero-order chi connectivity index (χ0) is 26.8. The Morgan fingerprint density at radius 2 is 1.87 bits per heavy atom. The van der Waals surface area contributed by atoms with E-state index in [1.54, 1.807) is 0 Å². The highest BCUT2D eigenvalue weighted by Crippen LogP contribution is 2.44. The molecular formula is C29H28BrN5O2S. The number of hydrogen-bond donors (Lipinski definition) is 2. The highest BCUT2D eigenvalue weighted by Gasteiger charge is 2.42. The van der Waals surface area contributed by atoms with E-state index in [-0.39, 0.29) is 24.6 Å². The molecule has 0 bridgehead atoms. The van der Waals surface area contributed by atoms with Gasteiger partial charge in [-0.2, -0.15) is 0 Å². The predicted octanol–water partition coefficient (Wildman–Crippen LogP) is 6.01. The number of benzene rings is 2. The summed E-state index contributed by atoms with van der Waals surface area (Å²) in [5.74, 6) is -0.202. The first-order valence-corrected chi connectivity index (χ1v) is 13.4. The summed E-state index contributed by atoms with van der Waals surface area (Å²) in [6.07, 6.45) is 1.81. The average Bonchev–Trinajstić information content (AvgIpc) is 3.40. The number of anilines is 2. The number of nitrogens with one attached hydrogen (secondary N) is 2. The van der Waals surface area contributed by atoms with Gasteiger partial charge in [0.2, 0.25) is 5.91 Å². The number of hydrogen-bond acceptors (Lipinski definition) is 4. The number of ether oxygens (including phenoxy) is 1. The molecule has 0 radical (unpaired) electrons. The summed E-state index contributed by atoms with van der Waals surface area (Å²) in [6, 6.07) is 23.9. The van der Waals surface area contributed by atoms with Gasteiger partial charge in [0.25, 0.3) is 0 Å². The molecule has 2 atom stereocenters. The molecule has 0 saturated carbocycles. The van der Waals surface area contributed by atoms with Crippen LogP contribution in [0.1, 0.15) is 34.7 Å². The summed E-state index contributed by atoms with van der Waals surface area (Å²) in [4.78, 5) is 18.8. The molecule has 1 amide bonds. The van der Waals surface area contributed by atoms with Gasteiger partial charge in [0.15, 0.2) is 5.11 Å². The molecule has 1 fully saturated rings. The van der Waals surface area contributed by atoms with E-state index in [0.29, 0.717) is 10.8 Å². The van der Waals surface area contributed by atoms with Crippen LogP contribution in [0.3, 0.4) is 0 Å². The quantitative estimate of drug-likeness (QED) is 0.257. The second kappa shape index (κ2) is 11.1. The molecule has 4 aromatic rings. The van der Waals surface area contributed by atoms with Crippen molar-refractivity contribution in [1.29, 1.82) is 0 Å². The van der Waals surface area contributed by atoms with Gasteiger partial charge in [-0.1, -0.05) is 28.1 Å². The Bertz CT molecular complexity index is 1470. The average molecular weight is 591 g/mol. The molecule has 7 nitrogen and oxygen atoms in total. The summed E-state index contributed by atoms with van der Waals surface area (Å²) < 4.78 is 8.21. The fourth-order valence-corrected chi connectivity index (χ4v) is 5.82. The standard InChI is InChI=1S/C29H28BrN5O2S/c1-18-15-24(19(2)34(18)23-8-6-7-20(30)16-23)28-27(25-9-4-5-14-31-25)33-29(38)35(28)22-12-10-21(11-13-22)32-26(36)17-37-3/h4-16,27-28H,17H2,1-3H3,(H,32,36)(H,33,38)/t27-,28-/m1/s1. The molecule has 0 aliphatic carbocycles. The molecule has 5 rings (SSSR count). The number of halogens is 1. The number of aromatic nitrogens is 2. The van der Waals surface area contributed by atoms with E-state index in [1.165, 1.54) is 7.11 Å². The first kappa shape index (κ1) is 26.1. The fraction of sp³-hybridized carbons (Fsp3) is 0.207. The monoisotopic (exact) mass is 589 g/mol. The van der Waals surface area contributed by atoms with Crippen LogP contribution in [0.2, 0.25) is 0 Å². The molecule has 1 saturated heterocycles. The van der Waals surface area contributed by atoms with E-state index in [2.05, 4.69) is 73.1 Å². The van der Waals surface area contributed by atoms with Crippen LogP contribution in [0.25, 0.3) is 5.69 Å². The third-order valence-corrected chi connectivity index (χ3v) is 7.47. The maximum Gasteiger partial charge on any atom is 0.250 e. The van der Waals surface area contributed by atoms with E-state index in [4.69, 9.17) is 17.0 Å². The van der Waals surface area contributed by atoms with Crippen molar-refractivity contribution >= 4 is 50.5 Å². The summed E-state index contributed by atoms with van der Waals surface area (Å²) >= 11 is 9.50. The van der Waals surface area contributed by atoms with Crippen LogP contribution in [0, 0.1) is 13.8 Å². The van der Waals surface area contributed by atoms with Crippen LogP contribution in [-0.2, 0) is 9.53 Å². The topological polar surface area (TPSA) is 71.4 Å². The Morgan fingerprint density at radius 1 is 1.08 bits per heavy atom. The molecule has 3 heterocycles.